The summed E-state index contributed by atoms with van der Waals surface area (Å²) in [5.74, 6) is 0.197. The monoisotopic (exact) mass is 442 g/mol. The predicted octanol–water partition coefficient (Wildman–Crippen LogP) is 4.72. The second-order valence-electron chi connectivity index (χ2n) is 8.26. The van der Waals surface area contributed by atoms with Crippen molar-refractivity contribution < 1.29 is 14.3 Å². The molecule has 1 fully saturated rings. The van der Waals surface area contributed by atoms with Crippen molar-refractivity contribution in [3.8, 4) is 0 Å². The third-order valence-corrected chi connectivity index (χ3v) is 6.73. The molecule has 1 aliphatic carbocycles. The molecule has 0 N–H and O–H groups in total. The maximum Gasteiger partial charge on any atom is 0.242 e. The van der Waals surface area contributed by atoms with Crippen molar-refractivity contribution in [2.24, 2.45) is 5.92 Å². The van der Waals surface area contributed by atoms with Crippen molar-refractivity contribution in [2.75, 3.05) is 26.8 Å². The lowest BCUT2D eigenvalue weighted by Gasteiger charge is -2.31. The summed E-state index contributed by atoms with van der Waals surface area (Å²) in [5, 5.41) is 2.03. The molecule has 2 amide bonds. The Morgan fingerprint density at radius 3 is 2.45 bits per heavy atom. The molecule has 0 atom stereocenters. The van der Waals surface area contributed by atoms with Crippen LogP contribution in [-0.4, -0.2) is 48.4 Å². The number of amides is 2. The Balaban J connectivity index is 1.71. The van der Waals surface area contributed by atoms with Gasteiger partial charge in [0.1, 0.15) is 0 Å². The summed E-state index contributed by atoms with van der Waals surface area (Å²) in [7, 11) is 1.67. The van der Waals surface area contributed by atoms with Crippen LogP contribution in [0.15, 0.2) is 47.8 Å². The van der Waals surface area contributed by atoms with E-state index in [9.17, 15) is 9.59 Å². The molecular weight excluding hydrogens is 408 g/mol. The second-order valence-corrected chi connectivity index (χ2v) is 9.29. The van der Waals surface area contributed by atoms with Crippen LogP contribution in [0.1, 0.15) is 49.0 Å². The van der Waals surface area contributed by atoms with Crippen molar-refractivity contribution in [2.45, 2.75) is 51.6 Å². The first-order valence-electron chi connectivity index (χ1n) is 11.3. The molecule has 0 spiro atoms. The van der Waals surface area contributed by atoms with Crippen LogP contribution in [0.3, 0.4) is 0 Å². The van der Waals surface area contributed by atoms with Crippen LogP contribution in [0.2, 0.25) is 0 Å². The Bertz CT molecular complexity index is 788. The van der Waals surface area contributed by atoms with E-state index >= 15 is 0 Å². The van der Waals surface area contributed by atoms with Crippen molar-refractivity contribution in [1.82, 2.24) is 9.80 Å². The first kappa shape index (κ1) is 23.5. The number of hydrogen-bond acceptors (Lipinski definition) is 4. The van der Waals surface area contributed by atoms with Gasteiger partial charge >= 0.3 is 0 Å². The molecular formula is C25H34N2O3S. The van der Waals surface area contributed by atoms with Gasteiger partial charge in [-0.05, 0) is 36.3 Å². The molecule has 1 aromatic carbocycles. The minimum Gasteiger partial charge on any atom is -0.385 e. The van der Waals surface area contributed by atoms with Crippen LogP contribution in [0.5, 0.6) is 0 Å². The molecule has 3 rings (SSSR count). The van der Waals surface area contributed by atoms with Crippen molar-refractivity contribution >= 4 is 23.2 Å². The highest BCUT2D eigenvalue weighted by Gasteiger charge is 2.28. The van der Waals surface area contributed by atoms with Gasteiger partial charge in [-0.2, -0.15) is 0 Å². The molecule has 0 radical (unpaired) electrons. The van der Waals surface area contributed by atoms with E-state index in [1.807, 2.05) is 46.7 Å². The number of carbonyl (C=O) groups excluding carboxylic acids is 2. The Morgan fingerprint density at radius 1 is 1.00 bits per heavy atom. The fraction of sp³-hybridized carbons (Fsp3) is 0.520. The van der Waals surface area contributed by atoms with Crippen LogP contribution < -0.4 is 0 Å². The van der Waals surface area contributed by atoms with Crippen LogP contribution in [0.4, 0.5) is 0 Å². The Kier molecular flexibility index (Phi) is 9.56. The van der Waals surface area contributed by atoms with Gasteiger partial charge in [0.2, 0.25) is 11.8 Å². The smallest absolute Gasteiger partial charge is 0.242 e. The fourth-order valence-electron chi connectivity index (χ4n) is 4.16. The van der Waals surface area contributed by atoms with Gasteiger partial charge in [-0.25, -0.2) is 0 Å². The zero-order valence-corrected chi connectivity index (χ0v) is 19.3. The van der Waals surface area contributed by atoms with Gasteiger partial charge in [-0.1, -0.05) is 55.7 Å². The highest BCUT2D eigenvalue weighted by atomic mass is 32.1. The third-order valence-electron chi connectivity index (χ3n) is 5.86. The van der Waals surface area contributed by atoms with E-state index in [4.69, 9.17) is 4.74 Å². The number of benzene rings is 1. The third kappa shape index (κ3) is 7.47. The summed E-state index contributed by atoms with van der Waals surface area (Å²) in [5.41, 5.74) is 1.09. The molecule has 168 valence electrons. The SMILES string of the molecule is COCCCN(CC(=O)N(Cc1ccccc1)Cc1cccs1)C(=O)C1CCCCC1. The lowest BCUT2D eigenvalue weighted by molar-refractivity contribution is -0.144. The molecule has 31 heavy (non-hydrogen) atoms. The number of hydrogen-bond donors (Lipinski definition) is 0. The highest BCUT2D eigenvalue weighted by Crippen LogP contribution is 2.26. The van der Waals surface area contributed by atoms with E-state index in [-0.39, 0.29) is 24.3 Å². The first-order valence-corrected chi connectivity index (χ1v) is 12.2. The molecule has 5 nitrogen and oxygen atoms in total. The highest BCUT2D eigenvalue weighted by molar-refractivity contribution is 7.09. The molecule has 1 saturated carbocycles. The van der Waals surface area contributed by atoms with E-state index in [0.29, 0.717) is 26.2 Å². The van der Waals surface area contributed by atoms with Gasteiger partial charge in [0.15, 0.2) is 0 Å². The number of ether oxygens (including phenoxy) is 1. The minimum atomic E-state index is -0.00108. The van der Waals surface area contributed by atoms with Crippen LogP contribution >= 0.6 is 11.3 Å². The average molecular weight is 443 g/mol. The lowest BCUT2D eigenvalue weighted by Crippen LogP contribution is -2.45. The Morgan fingerprint density at radius 2 is 1.77 bits per heavy atom. The molecule has 0 saturated heterocycles. The van der Waals surface area contributed by atoms with Crippen LogP contribution in [0, 0.1) is 5.92 Å². The number of nitrogens with zero attached hydrogens (tertiary/aromatic N) is 2. The lowest BCUT2D eigenvalue weighted by atomic mass is 9.88. The summed E-state index contributed by atoms with van der Waals surface area (Å²) in [4.78, 5) is 31.5. The average Bonchev–Trinajstić information content (AvgIpc) is 3.32. The normalized spacial score (nSPS) is 14.4. The van der Waals surface area contributed by atoms with Gasteiger partial charge in [0, 0.05) is 37.6 Å². The summed E-state index contributed by atoms with van der Waals surface area (Å²) >= 11 is 1.65. The summed E-state index contributed by atoms with van der Waals surface area (Å²) in [6.45, 7) is 2.39. The van der Waals surface area contributed by atoms with Crippen molar-refractivity contribution in [3.05, 3.63) is 58.3 Å². The van der Waals surface area contributed by atoms with Gasteiger partial charge in [-0.3, -0.25) is 9.59 Å². The standard InChI is InChI=1S/C25H34N2O3S/c1-30-16-9-15-26(25(29)22-12-6-3-7-13-22)20-24(28)27(19-23-14-8-17-31-23)18-21-10-4-2-5-11-21/h2,4-5,8,10-11,14,17,22H,3,6-7,9,12-13,15-16,18-20H2,1H3. The Hall–Kier alpha value is -2.18. The topological polar surface area (TPSA) is 49.9 Å². The minimum absolute atomic E-state index is 0.00108. The van der Waals surface area contributed by atoms with Gasteiger partial charge in [-0.15, -0.1) is 11.3 Å². The van der Waals surface area contributed by atoms with E-state index in [1.165, 1.54) is 6.42 Å². The zero-order chi connectivity index (χ0) is 21.9. The van der Waals surface area contributed by atoms with Gasteiger partial charge < -0.3 is 14.5 Å². The summed E-state index contributed by atoms with van der Waals surface area (Å²) < 4.78 is 5.19. The maximum absolute atomic E-state index is 13.4. The van der Waals surface area contributed by atoms with E-state index < -0.39 is 0 Å². The van der Waals surface area contributed by atoms with Crippen LogP contribution in [-0.2, 0) is 27.4 Å². The molecule has 1 aromatic heterocycles. The fourth-order valence-corrected chi connectivity index (χ4v) is 4.88. The van der Waals surface area contributed by atoms with Crippen molar-refractivity contribution in [3.63, 3.8) is 0 Å². The van der Waals surface area contributed by atoms with Crippen molar-refractivity contribution in [1.29, 1.82) is 0 Å². The van der Waals surface area contributed by atoms with E-state index in [0.717, 1.165) is 42.5 Å². The Labute approximate surface area is 190 Å². The first-order chi connectivity index (χ1) is 15.2. The van der Waals surface area contributed by atoms with E-state index in [1.54, 1.807) is 23.3 Å². The quantitative estimate of drug-likeness (QED) is 0.473. The van der Waals surface area contributed by atoms with Gasteiger partial charge in [0.05, 0.1) is 13.1 Å². The summed E-state index contributed by atoms with van der Waals surface area (Å²) in [6, 6.07) is 14.1. The molecule has 2 aromatic rings. The second kappa shape index (κ2) is 12.6. The molecule has 0 unspecified atom stereocenters. The molecule has 1 heterocycles. The predicted molar refractivity (Wildman–Crippen MR) is 125 cm³/mol. The zero-order valence-electron chi connectivity index (χ0n) is 18.5. The number of methoxy groups -OCH3 is 1. The number of rotatable bonds is 11. The molecule has 1 aliphatic rings. The molecule has 0 aliphatic heterocycles. The van der Waals surface area contributed by atoms with E-state index in [2.05, 4.69) is 6.07 Å². The molecule has 0 bridgehead atoms. The summed E-state index contributed by atoms with van der Waals surface area (Å²) in [6.07, 6.45) is 6.04. The van der Waals surface area contributed by atoms with Gasteiger partial charge in [0.25, 0.3) is 0 Å². The molecule has 6 heteroatoms. The van der Waals surface area contributed by atoms with Crippen LogP contribution in [0.25, 0.3) is 0 Å². The number of thiophene rings is 1. The largest absolute Gasteiger partial charge is 0.385 e. The maximum atomic E-state index is 13.4. The number of carbonyl (C=O) groups is 2.